The van der Waals surface area contributed by atoms with Gasteiger partial charge in [0.1, 0.15) is 7.00 Å². The zero-order chi connectivity index (χ0) is 39.1. The summed E-state index contributed by atoms with van der Waals surface area (Å²) in [6.07, 6.45) is 3.75. The SMILES string of the molecule is C.C.C[B]P.Cc1cc(-c2ccccc2)c2ccc3c(-c4ccccc4)cc(C)nc3c2n1.c1ccc(-c2ccnc3c2ccc2c(-c4ccccc4)ccnc23)cc1. The normalized spacial score (nSPS) is 10.4. The molecule has 0 aliphatic rings. The van der Waals surface area contributed by atoms with Crippen LogP contribution in [0.25, 0.3) is 88.1 Å². The second kappa shape index (κ2) is 19.3. The topological polar surface area (TPSA) is 51.6 Å². The average molecular weight is 784 g/mol. The Kier molecular flexibility index (Phi) is 13.7. The first kappa shape index (κ1) is 42.1. The van der Waals surface area contributed by atoms with Crippen LogP contribution in [0.4, 0.5) is 0 Å². The first-order chi connectivity index (χ1) is 28.0. The van der Waals surface area contributed by atoms with E-state index in [1.54, 1.807) is 0 Å². The third kappa shape index (κ3) is 8.82. The molecule has 1 radical (unpaired) electrons. The summed E-state index contributed by atoms with van der Waals surface area (Å²) in [6, 6.07) is 59.1. The molecule has 4 aromatic heterocycles. The molecule has 0 saturated heterocycles. The molecule has 289 valence electrons. The van der Waals surface area contributed by atoms with Gasteiger partial charge >= 0.3 is 0 Å². The molecule has 10 aromatic rings. The summed E-state index contributed by atoms with van der Waals surface area (Å²) in [5, 5.41) is 4.54. The van der Waals surface area contributed by atoms with Crippen LogP contribution < -0.4 is 0 Å². The van der Waals surface area contributed by atoms with Crippen molar-refractivity contribution in [3.8, 4) is 44.5 Å². The Morgan fingerprint density at radius 3 is 0.949 bits per heavy atom. The molecule has 10 rings (SSSR count). The van der Waals surface area contributed by atoms with Gasteiger partial charge in [0.05, 0.1) is 22.1 Å². The zero-order valence-corrected chi connectivity index (χ0v) is 33.4. The summed E-state index contributed by atoms with van der Waals surface area (Å²) in [5.41, 5.74) is 15.4. The molecule has 0 spiro atoms. The highest BCUT2D eigenvalue weighted by molar-refractivity contribution is 7.55. The van der Waals surface area contributed by atoms with Gasteiger partial charge in [-0.15, -0.1) is 0 Å². The fourth-order valence-corrected chi connectivity index (χ4v) is 7.51. The van der Waals surface area contributed by atoms with Crippen molar-refractivity contribution in [2.75, 3.05) is 0 Å². The van der Waals surface area contributed by atoms with Gasteiger partial charge in [0.15, 0.2) is 0 Å². The molecule has 0 bridgehead atoms. The monoisotopic (exact) mass is 783 g/mol. The fraction of sp³-hybridized carbons (Fsp3) is 0.0943. The molecule has 0 fully saturated rings. The number of hydrogen-bond donors (Lipinski definition) is 0. The second-order valence-corrected chi connectivity index (χ2v) is 14.5. The largest absolute Gasteiger partial charge is 0.254 e. The highest BCUT2D eigenvalue weighted by atomic mass is 31.0. The number of fused-ring (bicyclic) bond motifs is 6. The first-order valence-electron chi connectivity index (χ1n) is 19.1. The average Bonchev–Trinajstić information content (AvgIpc) is 3.27. The summed E-state index contributed by atoms with van der Waals surface area (Å²) in [4.78, 5) is 19.1. The molecule has 6 heteroatoms. The molecule has 4 nitrogen and oxygen atoms in total. The summed E-state index contributed by atoms with van der Waals surface area (Å²) < 4.78 is 0. The first-order valence-corrected chi connectivity index (χ1v) is 19.8. The molecule has 6 aromatic carbocycles. The lowest BCUT2D eigenvalue weighted by Crippen LogP contribution is -1.94. The van der Waals surface area contributed by atoms with Gasteiger partial charge in [0.25, 0.3) is 0 Å². The van der Waals surface area contributed by atoms with Crippen LogP contribution in [0.2, 0.25) is 6.82 Å². The summed E-state index contributed by atoms with van der Waals surface area (Å²) in [6.45, 7) is 7.99. The third-order valence-corrected chi connectivity index (χ3v) is 9.97. The van der Waals surface area contributed by atoms with Crippen molar-refractivity contribution in [1.29, 1.82) is 0 Å². The van der Waals surface area contributed by atoms with E-state index in [0.29, 0.717) is 0 Å². The van der Waals surface area contributed by atoms with Crippen LogP contribution in [0.5, 0.6) is 0 Å². The van der Waals surface area contributed by atoms with Crippen molar-refractivity contribution in [3.05, 3.63) is 194 Å². The van der Waals surface area contributed by atoms with E-state index in [0.717, 1.165) is 55.0 Å². The van der Waals surface area contributed by atoms with E-state index in [4.69, 9.17) is 9.97 Å². The van der Waals surface area contributed by atoms with Gasteiger partial charge < -0.3 is 0 Å². The predicted octanol–water partition coefficient (Wildman–Crippen LogP) is 14.7. The second-order valence-electron chi connectivity index (χ2n) is 13.9. The van der Waals surface area contributed by atoms with Crippen LogP contribution >= 0.6 is 9.12 Å². The molecular formula is C53H49BN4P. The molecule has 4 heterocycles. The van der Waals surface area contributed by atoms with E-state index in [2.05, 4.69) is 179 Å². The lowest BCUT2D eigenvalue weighted by molar-refractivity contribution is 1.23. The van der Waals surface area contributed by atoms with Crippen LogP contribution in [0.3, 0.4) is 0 Å². The lowest BCUT2D eigenvalue weighted by Gasteiger charge is -2.13. The highest BCUT2D eigenvalue weighted by Gasteiger charge is 2.15. The number of aryl methyl sites for hydroxylation is 2. The number of pyridine rings is 4. The van der Waals surface area contributed by atoms with E-state index in [1.165, 1.54) is 44.5 Å². The molecular weight excluding hydrogens is 734 g/mol. The van der Waals surface area contributed by atoms with Crippen molar-refractivity contribution in [1.82, 2.24) is 19.9 Å². The maximum absolute atomic E-state index is 4.90. The Labute approximate surface area is 351 Å². The minimum atomic E-state index is 0. The standard InChI is InChI=1S/C26H20N2.C24H16N2.CH5BP.2CH4/c1-17-15-23(19-9-5-3-6-10-19)21-13-14-22-24(20-11-7-4-8-12-20)16-18(2)28-26(22)25(21)27-17;1-3-7-17(8-4-1)19-13-15-25-23-21(19)11-12-22-20(14-16-26-24(22)23)18-9-5-2-6-10-18;1-2-3;;/h3-16H,1-2H3;1-16H;3H2,1H3;2*1H4. The van der Waals surface area contributed by atoms with Gasteiger partial charge in [-0.05, 0) is 82.6 Å². The molecule has 0 aliphatic carbocycles. The van der Waals surface area contributed by atoms with Gasteiger partial charge in [-0.25, -0.2) is 0 Å². The third-order valence-electron chi connectivity index (χ3n) is 9.97. The van der Waals surface area contributed by atoms with Crippen molar-refractivity contribution in [2.45, 2.75) is 35.5 Å². The maximum atomic E-state index is 4.90. The molecule has 0 N–H and O–H groups in total. The molecule has 0 saturated carbocycles. The zero-order valence-electron chi connectivity index (χ0n) is 32.3. The van der Waals surface area contributed by atoms with Gasteiger partial charge in [-0.3, -0.25) is 19.9 Å². The quantitative estimate of drug-likeness (QED) is 0.101. The minimum Gasteiger partial charge on any atom is -0.254 e. The Bertz CT molecular complexity index is 2760. The number of hydrogen-bond acceptors (Lipinski definition) is 4. The van der Waals surface area contributed by atoms with Crippen molar-refractivity contribution >= 4 is 59.7 Å². The van der Waals surface area contributed by atoms with Crippen molar-refractivity contribution in [3.63, 3.8) is 0 Å². The van der Waals surface area contributed by atoms with Gasteiger partial charge in [0, 0.05) is 45.3 Å². The molecule has 0 aliphatic heterocycles. The van der Waals surface area contributed by atoms with E-state index >= 15 is 0 Å². The van der Waals surface area contributed by atoms with Crippen LogP contribution in [0, 0.1) is 13.8 Å². The van der Waals surface area contributed by atoms with E-state index < -0.39 is 0 Å². The molecule has 1 atom stereocenters. The molecule has 1 unspecified atom stereocenters. The van der Waals surface area contributed by atoms with Crippen LogP contribution in [0.1, 0.15) is 26.2 Å². The summed E-state index contributed by atoms with van der Waals surface area (Å²) in [7, 11) is 2.45. The number of rotatable bonds is 4. The van der Waals surface area contributed by atoms with Crippen LogP contribution in [0.15, 0.2) is 182 Å². The van der Waals surface area contributed by atoms with Gasteiger partial charge in [-0.1, -0.05) is 167 Å². The minimum absolute atomic E-state index is 0. The van der Waals surface area contributed by atoms with E-state index in [9.17, 15) is 0 Å². The predicted molar refractivity (Wildman–Crippen MR) is 260 cm³/mol. The van der Waals surface area contributed by atoms with Gasteiger partial charge in [0.2, 0.25) is 0 Å². The maximum Gasteiger partial charge on any atom is 0.134 e. The van der Waals surface area contributed by atoms with Crippen molar-refractivity contribution < 1.29 is 0 Å². The lowest BCUT2D eigenvalue weighted by atomic mass is 9.95. The highest BCUT2D eigenvalue weighted by Crippen LogP contribution is 2.37. The molecule has 0 amide bonds. The number of nitrogens with zero attached hydrogens (tertiary/aromatic N) is 4. The Morgan fingerprint density at radius 2 is 0.644 bits per heavy atom. The van der Waals surface area contributed by atoms with E-state index in [-0.39, 0.29) is 14.9 Å². The molecule has 59 heavy (non-hydrogen) atoms. The van der Waals surface area contributed by atoms with Crippen molar-refractivity contribution in [2.24, 2.45) is 0 Å². The Balaban J connectivity index is 0.000000181. The Hall–Kier alpha value is -6.55. The number of aromatic nitrogens is 4. The number of benzene rings is 6. The van der Waals surface area contributed by atoms with E-state index in [1.807, 2.05) is 50.5 Å². The van der Waals surface area contributed by atoms with Gasteiger partial charge in [-0.2, -0.15) is 9.12 Å². The Morgan fingerprint density at radius 1 is 0.373 bits per heavy atom. The van der Waals surface area contributed by atoms with Crippen LogP contribution in [-0.2, 0) is 0 Å². The smallest absolute Gasteiger partial charge is 0.134 e. The van der Waals surface area contributed by atoms with Crippen LogP contribution in [-0.4, -0.2) is 26.9 Å². The fourth-order valence-electron chi connectivity index (χ4n) is 7.51. The summed E-state index contributed by atoms with van der Waals surface area (Å²) in [5.74, 6) is 0. The summed E-state index contributed by atoms with van der Waals surface area (Å²) >= 11 is 0.